The smallest absolute Gasteiger partial charge is 0.269 e. The van der Waals surface area contributed by atoms with Crippen LogP contribution < -0.4 is 11.5 Å². The number of rotatable bonds is 3. The fourth-order valence-electron chi connectivity index (χ4n) is 3.47. The Kier molecular flexibility index (Phi) is 3.78. The molecule has 29 heavy (non-hydrogen) atoms. The number of fused-ring (bicyclic) bond motifs is 2. The second-order valence-corrected chi connectivity index (χ2v) is 7.47. The Labute approximate surface area is 168 Å². The number of carbonyl (C=O) groups excluding carboxylic acids is 1. The molecule has 0 saturated carbocycles. The number of primary amides is 1. The minimum Gasteiger partial charge on any atom is -0.395 e. The largest absolute Gasteiger partial charge is 0.395 e. The Morgan fingerprint density at radius 3 is 2.86 bits per heavy atom. The van der Waals surface area contributed by atoms with E-state index >= 15 is 0 Å². The van der Waals surface area contributed by atoms with Crippen molar-refractivity contribution in [2.24, 2.45) is 5.73 Å². The van der Waals surface area contributed by atoms with Crippen LogP contribution >= 0.6 is 11.3 Å². The van der Waals surface area contributed by atoms with Gasteiger partial charge in [0.05, 0.1) is 38.8 Å². The van der Waals surface area contributed by atoms with Crippen molar-refractivity contribution in [1.29, 1.82) is 0 Å². The van der Waals surface area contributed by atoms with Gasteiger partial charge in [0.2, 0.25) is 0 Å². The molecule has 0 radical (unpaired) electrons. The third kappa shape index (κ3) is 2.63. The lowest BCUT2D eigenvalue weighted by Crippen LogP contribution is -2.18. The normalized spacial score (nSPS) is 11.3. The highest BCUT2D eigenvalue weighted by molar-refractivity contribution is 7.17. The predicted octanol–water partition coefficient (Wildman–Crippen LogP) is 3.29. The van der Waals surface area contributed by atoms with Gasteiger partial charge >= 0.3 is 0 Å². The predicted molar refractivity (Wildman–Crippen MR) is 113 cm³/mol. The van der Waals surface area contributed by atoms with E-state index in [2.05, 4.69) is 20.2 Å². The van der Waals surface area contributed by atoms with Crippen molar-refractivity contribution >= 4 is 44.1 Å². The van der Waals surface area contributed by atoms with Gasteiger partial charge < -0.3 is 11.5 Å². The number of nitrogen functional groups attached to an aromatic ring is 1. The molecular formula is C20H15N7OS. The lowest BCUT2D eigenvalue weighted by Gasteiger charge is -2.14. The van der Waals surface area contributed by atoms with Crippen LogP contribution in [0.15, 0.2) is 42.0 Å². The van der Waals surface area contributed by atoms with E-state index in [9.17, 15) is 4.79 Å². The minimum atomic E-state index is -0.707. The van der Waals surface area contributed by atoms with Gasteiger partial charge in [-0.1, -0.05) is 12.1 Å². The molecule has 0 aliphatic rings. The number of thiazole rings is 1. The van der Waals surface area contributed by atoms with E-state index in [1.807, 2.05) is 37.3 Å². The third-order valence-corrected chi connectivity index (χ3v) is 5.72. The molecule has 5 rings (SSSR count). The van der Waals surface area contributed by atoms with Gasteiger partial charge in [-0.3, -0.25) is 9.89 Å². The summed E-state index contributed by atoms with van der Waals surface area (Å²) < 4.78 is 0.928. The van der Waals surface area contributed by atoms with E-state index < -0.39 is 5.91 Å². The molecule has 1 amide bonds. The Morgan fingerprint density at radius 2 is 2.03 bits per heavy atom. The molecule has 5 aromatic rings. The van der Waals surface area contributed by atoms with E-state index in [1.54, 1.807) is 11.7 Å². The van der Waals surface area contributed by atoms with Crippen LogP contribution in [0.3, 0.4) is 0 Å². The summed E-state index contributed by atoms with van der Waals surface area (Å²) in [6.07, 6.45) is 1.72. The maximum Gasteiger partial charge on any atom is 0.269 e. The van der Waals surface area contributed by atoms with Crippen molar-refractivity contribution in [2.45, 2.75) is 6.92 Å². The van der Waals surface area contributed by atoms with Gasteiger partial charge in [-0.25, -0.2) is 15.0 Å². The number of hydrogen-bond donors (Lipinski definition) is 3. The summed E-state index contributed by atoms with van der Waals surface area (Å²) in [4.78, 5) is 25.6. The van der Waals surface area contributed by atoms with E-state index in [4.69, 9.17) is 16.5 Å². The zero-order valence-electron chi connectivity index (χ0n) is 15.3. The maximum absolute atomic E-state index is 12.1. The lowest BCUT2D eigenvalue weighted by molar-refractivity contribution is 0.0996. The van der Waals surface area contributed by atoms with Crippen molar-refractivity contribution in [3.05, 3.63) is 53.3 Å². The molecule has 9 heteroatoms. The summed E-state index contributed by atoms with van der Waals surface area (Å²) in [5.74, 6) is -0.335. The fraction of sp³-hybridized carbons (Fsp3) is 0.0500. The zero-order chi connectivity index (χ0) is 20.1. The summed E-state index contributed by atoms with van der Waals surface area (Å²) in [6.45, 7) is 1.96. The Bertz CT molecular complexity index is 1420. The number of aromatic nitrogens is 5. The number of hydrogen-bond acceptors (Lipinski definition) is 7. The van der Waals surface area contributed by atoms with Crippen LogP contribution in [0.1, 0.15) is 16.1 Å². The zero-order valence-corrected chi connectivity index (χ0v) is 16.1. The van der Waals surface area contributed by atoms with Crippen LogP contribution in [-0.2, 0) is 0 Å². The third-order valence-electron chi connectivity index (χ3n) is 4.85. The molecule has 3 aromatic heterocycles. The quantitative estimate of drug-likeness (QED) is 0.424. The van der Waals surface area contributed by atoms with Gasteiger partial charge in [0.15, 0.2) is 11.5 Å². The Morgan fingerprint density at radius 1 is 1.17 bits per heavy atom. The molecule has 0 aliphatic carbocycles. The molecule has 3 heterocycles. The molecule has 0 bridgehead atoms. The molecule has 0 aliphatic heterocycles. The van der Waals surface area contributed by atoms with E-state index in [0.717, 1.165) is 37.8 Å². The number of amides is 1. The summed E-state index contributed by atoms with van der Waals surface area (Å²) in [5, 5.41) is 7.93. The number of anilines is 1. The minimum absolute atomic E-state index is 0.00795. The van der Waals surface area contributed by atoms with E-state index in [1.165, 1.54) is 11.3 Å². The van der Waals surface area contributed by atoms with E-state index in [-0.39, 0.29) is 11.4 Å². The molecule has 0 saturated heterocycles. The number of aryl methyl sites for hydroxylation is 1. The first-order valence-corrected chi connectivity index (χ1v) is 9.65. The molecule has 0 atom stereocenters. The van der Waals surface area contributed by atoms with Crippen LogP contribution in [0.4, 0.5) is 5.69 Å². The number of benzene rings is 2. The molecule has 2 aromatic carbocycles. The molecule has 5 N–H and O–H groups in total. The number of carbonyl (C=O) groups is 1. The van der Waals surface area contributed by atoms with Gasteiger partial charge in [0.25, 0.3) is 5.91 Å². The molecular weight excluding hydrogens is 386 g/mol. The van der Waals surface area contributed by atoms with Crippen LogP contribution in [0, 0.1) is 6.92 Å². The monoisotopic (exact) mass is 401 g/mol. The second kappa shape index (κ2) is 6.35. The first-order chi connectivity index (χ1) is 14.0. The average molecular weight is 401 g/mol. The SMILES string of the molecule is Cc1ccc2[nH]ncc2c1-c1nc(-c2cccc3ncsc23)nc(C(N)=O)c1N. The van der Waals surface area contributed by atoms with Crippen molar-refractivity contribution < 1.29 is 4.79 Å². The van der Waals surface area contributed by atoms with E-state index in [0.29, 0.717) is 11.5 Å². The number of nitrogens with zero attached hydrogens (tertiary/aromatic N) is 4. The highest BCUT2D eigenvalue weighted by Crippen LogP contribution is 2.37. The first kappa shape index (κ1) is 17.3. The molecule has 8 nitrogen and oxygen atoms in total. The van der Waals surface area contributed by atoms with Crippen molar-refractivity contribution in [3.63, 3.8) is 0 Å². The van der Waals surface area contributed by atoms with Crippen LogP contribution in [-0.4, -0.2) is 31.1 Å². The van der Waals surface area contributed by atoms with Gasteiger partial charge in [-0.2, -0.15) is 5.10 Å². The van der Waals surface area contributed by atoms with Crippen LogP contribution in [0.5, 0.6) is 0 Å². The van der Waals surface area contributed by atoms with Gasteiger partial charge in [0.1, 0.15) is 0 Å². The first-order valence-electron chi connectivity index (χ1n) is 8.77. The number of nitrogens with one attached hydrogen (secondary N) is 1. The summed E-state index contributed by atoms with van der Waals surface area (Å²) in [6, 6.07) is 9.57. The fourth-order valence-corrected chi connectivity index (χ4v) is 4.27. The molecule has 0 spiro atoms. The highest BCUT2D eigenvalue weighted by Gasteiger charge is 2.22. The average Bonchev–Trinajstić information content (AvgIpc) is 3.37. The van der Waals surface area contributed by atoms with Gasteiger partial charge in [-0.15, -0.1) is 11.3 Å². The Balaban J connectivity index is 1.87. The van der Waals surface area contributed by atoms with Crippen LogP contribution in [0.2, 0.25) is 0 Å². The lowest BCUT2D eigenvalue weighted by atomic mass is 9.99. The second-order valence-electron chi connectivity index (χ2n) is 6.62. The number of H-pyrrole nitrogens is 1. The topological polar surface area (TPSA) is 136 Å². The Hall–Kier alpha value is -3.85. The van der Waals surface area contributed by atoms with Crippen molar-refractivity contribution in [1.82, 2.24) is 25.1 Å². The summed E-state index contributed by atoms with van der Waals surface area (Å²) >= 11 is 1.48. The summed E-state index contributed by atoms with van der Waals surface area (Å²) in [5.41, 5.74) is 18.5. The maximum atomic E-state index is 12.1. The standard InChI is InChI=1S/C20H15N7OS/c1-9-5-6-12-11(7-24-27-12)14(9)16-15(21)17(19(22)28)26-20(25-16)10-3-2-4-13-18(10)29-8-23-13/h2-8H,21H2,1H3,(H2,22,28)(H,24,27). The summed E-state index contributed by atoms with van der Waals surface area (Å²) in [7, 11) is 0. The molecule has 142 valence electrons. The molecule has 0 fully saturated rings. The number of nitrogens with two attached hydrogens (primary N) is 2. The van der Waals surface area contributed by atoms with Gasteiger partial charge in [-0.05, 0) is 30.7 Å². The van der Waals surface area contributed by atoms with Crippen molar-refractivity contribution in [3.8, 4) is 22.6 Å². The van der Waals surface area contributed by atoms with Crippen LogP contribution in [0.25, 0.3) is 43.8 Å². The highest BCUT2D eigenvalue weighted by atomic mass is 32.1. The number of aromatic amines is 1. The van der Waals surface area contributed by atoms with Gasteiger partial charge in [0, 0.05) is 16.5 Å². The molecule has 0 unspecified atom stereocenters. The van der Waals surface area contributed by atoms with Crippen molar-refractivity contribution in [2.75, 3.05) is 5.73 Å².